The lowest BCUT2D eigenvalue weighted by atomic mass is 10.1. The highest BCUT2D eigenvalue weighted by Gasteiger charge is 2.08. The number of benzene rings is 1. The topological polar surface area (TPSA) is 78.0 Å². The lowest BCUT2D eigenvalue weighted by Crippen LogP contribution is -2.24. The molecule has 130 valence electrons. The Morgan fingerprint density at radius 3 is 2.64 bits per heavy atom. The predicted octanol–water partition coefficient (Wildman–Crippen LogP) is 3.51. The molecule has 1 aromatic carbocycles. The largest absolute Gasteiger partial charge is 0.396 e. The maximum atomic E-state index is 12.2. The molecule has 0 aliphatic rings. The normalized spacial score (nSPS) is 10.9. The van der Waals surface area contributed by atoms with Crippen molar-refractivity contribution in [2.24, 2.45) is 0 Å². The zero-order valence-corrected chi connectivity index (χ0v) is 14.2. The molecule has 5 heteroatoms. The first kappa shape index (κ1) is 17.2. The maximum absolute atomic E-state index is 12.2. The van der Waals surface area contributed by atoms with Crippen LogP contribution in [0.25, 0.3) is 22.2 Å². The summed E-state index contributed by atoms with van der Waals surface area (Å²) in [6.07, 6.45) is 7.47. The molecular formula is C20H23N3O2. The molecule has 0 aliphatic heterocycles. The van der Waals surface area contributed by atoms with Crippen LogP contribution in [-0.2, 0) is 0 Å². The van der Waals surface area contributed by atoms with Crippen molar-refractivity contribution in [2.45, 2.75) is 25.7 Å². The number of fused-ring (bicyclic) bond motifs is 1. The van der Waals surface area contributed by atoms with E-state index in [0.29, 0.717) is 12.1 Å². The molecule has 0 spiro atoms. The van der Waals surface area contributed by atoms with E-state index in [1.165, 1.54) is 0 Å². The molecule has 0 aliphatic carbocycles. The Labute approximate surface area is 147 Å². The summed E-state index contributed by atoms with van der Waals surface area (Å²) in [5.74, 6) is -0.0541. The number of hydrogen-bond acceptors (Lipinski definition) is 3. The van der Waals surface area contributed by atoms with Crippen molar-refractivity contribution >= 4 is 16.8 Å². The van der Waals surface area contributed by atoms with Gasteiger partial charge in [-0.05, 0) is 37.1 Å². The van der Waals surface area contributed by atoms with Crippen LogP contribution in [0.15, 0.2) is 48.8 Å². The number of carbonyl (C=O) groups excluding carboxylic acids is 1. The Bertz CT molecular complexity index is 824. The molecule has 0 atom stereocenters. The lowest BCUT2D eigenvalue weighted by Gasteiger charge is -2.07. The van der Waals surface area contributed by atoms with Crippen LogP contribution in [0.2, 0.25) is 0 Å². The third kappa shape index (κ3) is 4.25. The third-order valence-electron chi connectivity index (χ3n) is 4.27. The first-order chi connectivity index (χ1) is 12.3. The smallest absolute Gasteiger partial charge is 0.251 e. The number of amides is 1. The van der Waals surface area contributed by atoms with E-state index >= 15 is 0 Å². The second kappa shape index (κ2) is 8.44. The summed E-state index contributed by atoms with van der Waals surface area (Å²) in [7, 11) is 0. The van der Waals surface area contributed by atoms with Crippen LogP contribution in [-0.4, -0.2) is 34.1 Å². The van der Waals surface area contributed by atoms with Gasteiger partial charge in [0.05, 0.1) is 5.69 Å². The summed E-state index contributed by atoms with van der Waals surface area (Å²) in [5, 5.41) is 12.7. The van der Waals surface area contributed by atoms with Crippen molar-refractivity contribution in [3.05, 3.63) is 54.4 Å². The minimum Gasteiger partial charge on any atom is -0.396 e. The lowest BCUT2D eigenvalue weighted by molar-refractivity contribution is 0.0953. The Morgan fingerprint density at radius 2 is 1.84 bits per heavy atom. The molecule has 3 N–H and O–H groups in total. The Morgan fingerprint density at radius 1 is 1.04 bits per heavy atom. The third-order valence-corrected chi connectivity index (χ3v) is 4.27. The van der Waals surface area contributed by atoms with Gasteiger partial charge >= 0.3 is 0 Å². The highest BCUT2D eigenvalue weighted by molar-refractivity contribution is 5.96. The van der Waals surface area contributed by atoms with Crippen LogP contribution in [0.5, 0.6) is 0 Å². The Balaban J connectivity index is 1.60. The number of H-pyrrole nitrogens is 1. The van der Waals surface area contributed by atoms with Crippen LogP contribution in [0.3, 0.4) is 0 Å². The maximum Gasteiger partial charge on any atom is 0.251 e. The van der Waals surface area contributed by atoms with Crippen LogP contribution in [0, 0.1) is 0 Å². The summed E-state index contributed by atoms with van der Waals surface area (Å²) in [5.41, 5.74) is 3.61. The van der Waals surface area contributed by atoms with E-state index in [1.54, 1.807) is 6.20 Å². The zero-order valence-electron chi connectivity index (χ0n) is 14.2. The highest BCUT2D eigenvalue weighted by atomic mass is 16.2. The summed E-state index contributed by atoms with van der Waals surface area (Å²) in [4.78, 5) is 19.8. The number of carbonyl (C=O) groups is 1. The van der Waals surface area contributed by atoms with Gasteiger partial charge in [0.15, 0.2) is 0 Å². The Hall–Kier alpha value is -2.66. The molecule has 0 fully saturated rings. The number of nitrogens with one attached hydrogen (secondary N) is 2. The molecule has 1 amide bonds. The average Bonchev–Trinajstić information content (AvgIpc) is 3.13. The molecule has 3 rings (SSSR count). The van der Waals surface area contributed by atoms with Gasteiger partial charge in [0.2, 0.25) is 0 Å². The SMILES string of the molecule is O=C(NCCCCCCO)c1ccc(-c2nccc3[nH]ccc23)cc1. The van der Waals surface area contributed by atoms with Gasteiger partial charge < -0.3 is 15.4 Å². The number of aromatic amines is 1. The van der Waals surface area contributed by atoms with E-state index in [2.05, 4.69) is 15.3 Å². The van der Waals surface area contributed by atoms with Crippen LogP contribution >= 0.6 is 0 Å². The predicted molar refractivity (Wildman–Crippen MR) is 99.4 cm³/mol. The van der Waals surface area contributed by atoms with Crippen molar-refractivity contribution in [3.63, 3.8) is 0 Å². The second-order valence-electron chi connectivity index (χ2n) is 6.07. The monoisotopic (exact) mass is 337 g/mol. The number of aromatic nitrogens is 2. The van der Waals surface area contributed by atoms with E-state index in [9.17, 15) is 4.79 Å². The molecule has 5 nitrogen and oxygen atoms in total. The van der Waals surface area contributed by atoms with Crippen LogP contribution < -0.4 is 5.32 Å². The summed E-state index contributed by atoms with van der Waals surface area (Å²) in [6, 6.07) is 11.5. The first-order valence-corrected chi connectivity index (χ1v) is 8.71. The molecule has 0 unspecified atom stereocenters. The molecule has 2 aromatic heterocycles. The standard InChI is InChI=1S/C20H23N3O2/c24-14-4-2-1-3-11-23-20(25)16-7-5-15(6-8-16)19-17-9-12-21-18(17)10-13-22-19/h5-10,12-13,21,24H,1-4,11,14H2,(H,23,25). The molecule has 2 heterocycles. The zero-order chi connectivity index (χ0) is 17.5. The molecule has 3 aromatic rings. The fourth-order valence-electron chi connectivity index (χ4n) is 2.89. The van der Waals surface area contributed by atoms with E-state index in [4.69, 9.17) is 5.11 Å². The quantitative estimate of drug-likeness (QED) is 0.550. The molecule has 0 saturated carbocycles. The van der Waals surface area contributed by atoms with Crippen molar-refractivity contribution < 1.29 is 9.90 Å². The number of hydrogen-bond donors (Lipinski definition) is 3. The second-order valence-corrected chi connectivity index (χ2v) is 6.07. The number of nitrogens with zero attached hydrogens (tertiary/aromatic N) is 1. The van der Waals surface area contributed by atoms with Gasteiger partial charge in [-0.2, -0.15) is 0 Å². The minimum atomic E-state index is -0.0541. The first-order valence-electron chi connectivity index (χ1n) is 8.71. The molecule has 25 heavy (non-hydrogen) atoms. The van der Waals surface area contributed by atoms with Crippen molar-refractivity contribution in [1.82, 2.24) is 15.3 Å². The fourth-order valence-corrected chi connectivity index (χ4v) is 2.89. The van der Waals surface area contributed by atoms with Crippen LogP contribution in [0.1, 0.15) is 36.0 Å². The molecule has 0 bridgehead atoms. The summed E-state index contributed by atoms with van der Waals surface area (Å²) < 4.78 is 0. The highest BCUT2D eigenvalue weighted by Crippen LogP contribution is 2.25. The van der Waals surface area contributed by atoms with Gasteiger partial charge in [0, 0.05) is 47.6 Å². The summed E-state index contributed by atoms with van der Waals surface area (Å²) in [6.45, 7) is 0.903. The van der Waals surface area contributed by atoms with Gasteiger partial charge in [0.1, 0.15) is 0 Å². The average molecular weight is 337 g/mol. The van der Waals surface area contributed by atoms with E-state index in [1.807, 2.05) is 42.6 Å². The van der Waals surface area contributed by atoms with E-state index in [0.717, 1.165) is 47.8 Å². The molecule has 0 saturated heterocycles. The fraction of sp³-hybridized carbons (Fsp3) is 0.300. The van der Waals surface area contributed by atoms with Gasteiger partial charge in [-0.25, -0.2) is 0 Å². The van der Waals surface area contributed by atoms with Gasteiger partial charge in [0.25, 0.3) is 5.91 Å². The van der Waals surface area contributed by atoms with E-state index < -0.39 is 0 Å². The Kier molecular flexibility index (Phi) is 5.80. The van der Waals surface area contributed by atoms with Crippen molar-refractivity contribution in [1.29, 1.82) is 0 Å². The number of pyridine rings is 1. The van der Waals surface area contributed by atoms with Gasteiger partial charge in [-0.1, -0.05) is 25.0 Å². The molecular weight excluding hydrogens is 314 g/mol. The summed E-state index contributed by atoms with van der Waals surface area (Å²) >= 11 is 0. The van der Waals surface area contributed by atoms with Crippen molar-refractivity contribution in [2.75, 3.05) is 13.2 Å². The number of aliphatic hydroxyl groups excluding tert-OH is 1. The van der Waals surface area contributed by atoms with Crippen molar-refractivity contribution in [3.8, 4) is 11.3 Å². The van der Waals surface area contributed by atoms with Gasteiger partial charge in [-0.3, -0.25) is 9.78 Å². The molecule has 0 radical (unpaired) electrons. The van der Waals surface area contributed by atoms with E-state index in [-0.39, 0.29) is 12.5 Å². The number of rotatable bonds is 8. The minimum absolute atomic E-state index is 0.0541. The van der Waals surface area contributed by atoms with Gasteiger partial charge in [-0.15, -0.1) is 0 Å². The number of unbranched alkanes of at least 4 members (excludes halogenated alkanes) is 3. The van der Waals surface area contributed by atoms with Crippen LogP contribution in [0.4, 0.5) is 0 Å². The number of aliphatic hydroxyl groups is 1.